The second kappa shape index (κ2) is 5.32. The lowest BCUT2D eigenvalue weighted by Crippen LogP contribution is -2.07. The van der Waals surface area contributed by atoms with Crippen molar-refractivity contribution in [3.63, 3.8) is 0 Å². The lowest BCUT2D eigenvalue weighted by Gasteiger charge is -2.16. The third kappa shape index (κ3) is 2.45. The molecule has 0 aromatic heterocycles. The predicted molar refractivity (Wildman–Crippen MR) is 54.1 cm³/mol. The van der Waals surface area contributed by atoms with Gasteiger partial charge in [-0.25, -0.2) is 0 Å². The van der Waals surface area contributed by atoms with Crippen LogP contribution in [0.5, 0.6) is 0 Å². The smallest absolute Gasteiger partial charge is 0.183 e. The Hall–Kier alpha value is -0.610. The van der Waals surface area contributed by atoms with Crippen molar-refractivity contribution in [2.24, 2.45) is 0 Å². The number of methoxy groups -OCH3 is 2. The topological polar surface area (TPSA) is 38.7 Å². The average molecular weight is 217 g/mol. The molecule has 0 unspecified atom stereocenters. The van der Waals surface area contributed by atoms with Crippen molar-refractivity contribution in [3.8, 4) is 0 Å². The Morgan fingerprint density at radius 2 is 2.00 bits per heavy atom. The summed E-state index contributed by atoms with van der Waals surface area (Å²) in [6.07, 6.45) is -0.464. The summed E-state index contributed by atoms with van der Waals surface area (Å²) in [7, 11) is 3.09. The Morgan fingerprint density at radius 3 is 2.50 bits per heavy atom. The van der Waals surface area contributed by atoms with Gasteiger partial charge in [-0.2, -0.15) is 0 Å². The molecule has 0 amide bonds. The first-order valence-electron chi connectivity index (χ1n) is 4.17. The second-order valence-corrected chi connectivity index (χ2v) is 3.24. The van der Waals surface area contributed by atoms with Crippen LogP contribution >= 0.6 is 11.6 Å². The zero-order chi connectivity index (χ0) is 10.6. The van der Waals surface area contributed by atoms with Gasteiger partial charge < -0.3 is 14.6 Å². The molecule has 0 saturated heterocycles. The van der Waals surface area contributed by atoms with Gasteiger partial charge in [0.15, 0.2) is 6.29 Å². The highest BCUT2D eigenvalue weighted by molar-refractivity contribution is 6.30. The van der Waals surface area contributed by atoms with E-state index >= 15 is 0 Å². The highest BCUT2D eigenvalue weighted by Gasteiger charge is 2.13. The van der Waals surface area contributed by atoms with E-state index in [9.17, 15) is 0 Å². The van der Waals surface area contributed by atoms with Gasteiger partial charge in [0, 0.05) is 24.8 Å². The summed E-state index contributed by atoms with van der Waals surface area (Å²) >= 11 is 5.79. The Balaban J connectivity index is 3.06. The average Bonchev–Trinajstić information content (AvgIpc) is 2.21. The number of aliphatic hydroxyl groups is 1. The maximum Gasteiger partial charge on any atom is 0.183 e. The monoisotopic (exact) mass is 216 g/mol. The van der Waals surface area contributed by atoms with Crippen molar-refractivity contribution >= 4 is 11.6 Å². The van der Waals surface area contributed by atoms with Gasteiger partial charge >= 0.3 is 0 Å². The fourth-order valence-corrected chi connectivity index (χ4v) is 1.49. The van der Waals surface area contributed by atoms with Gasteiger partial charge in [-0.15, -0.1) is 0 Å². The maximum absolute atomic E-state index is 9.11. The number of halogens is 1. The van der Waals surface area contributed by atoms with Gasteiger partial charge in [-0.3, -0.25) is 0 Å². The minimum absolute atomic E-state index is 0.0842. The van der Waals surface area contributed by atoms with Crippen molar-refractivity contribution in [2.75, 3.05) is 14.2 Å². The molecule has 0 atom stereocenters. The third-order valence-corrected chi connectivity index (χ3v) is 2.19. The fraction of sp³-hybridized carbons (Fsp3) is 0.400. The van der Waals surface area contributed by atoms with E-state index in [4.69, 9.17) is 26.2 Å². The van der Waals surface area contributed by atoms with Crippen LogP contribution in [0.1, 0.15) is 17.4 Å². The molecule has 78 valence electrons. The normalized spacial score (nSPS) is 10.9. The first-order chi connectivity index (χ1) is 6.72. The number of rotatable bonds is 4. The van der Waals surface area contributed by atoms with Crippen LogP contribution in [0, 0.1) is 0 Å². The molecule has 1 N–H and O–H groups in total. The molecule has 4 heteroatoms. The Kier molecular flexibility index (Phi) is 4.35. The van der Waals surface area contributed by atoms with Gasteiger partial charge in [0.1, 0.15) is 0 Å². The summed E-state index contributed by atoms with van der Waals surface area (Å²) in [6.45, 7) is -0.0842. The molecule has 3 nitrogen and oxygen atoms in total. The highest BCUT2D eigenvalue weighted by atomic mass is 35.5. The van der Waals surface area contributed by atoms with Crippen LogP contribution in [-0.2, 0) is 16.1 Å². The van der Waals surface area contributed by atoms with Crippen molar-refractivity contribution in [1.29, 1.82) is 0 Å². The third-order valence-electron chi connectivity index (χ3n) is 1.96. The van der Waals surface area contributed by atoms with Crippen molar-refractivity contribution in [3.05, 3.63) is 34.3 Å². The molecule has 1 aromatic rings. The molecule has 0 radical (unpaired) electrons. The molecule has 0 aliphatic rings. The molecule has 0 fully saturated rings. The minimum Gasteiger partial charge on any atom is -0.392 e. The molecule has 0 aliphatic carbocycles. The van der Waals surface area contributed by atoms with Gasteiger partial charge in [0.2, 0.25) is 0 Å². The number of benzene rings is 1. The van der Waals surface area contributed by atoms with E-state index in [-0.39, 0.29) is 6.61 Å². The van der Waals surface area contributed by atoms with Crippen LogP contribution < -0.4 is 0 Å². The maximum atomic E-state index is 9.11. The first-order valence-corrected chi connectivity index (χ1v) is 4.55. The van der Waals surface area contributed by atoms with Gasteiger partial charge in [0.05, 0.1) is 6.61 Å². The summed E-state index contributed by atoms with van der Waals surface area (Å²) < 4.78 is 10.2. The van der Waals surface area contributed by atoms with Crippen LogP contribution in [0.15, 0.2) is 18.2 Å². The Labute approximate surface area is 88.2 Å². The van der Waals surface area contributed by atoms with E-state index in [2.05, 4.69) is 0 Å². The standard InChI is InChI=1S/C10H13ClO3/c1-13-10(14-2)9-4-3-8(11)5-7(9)6-12/h3-5,10,12H,6H2,1-2H3. The summed E-state index contributed by atoms with van der Waals surface area (Å²) in [6, 6.07) is 5.22. The van der Waals surface area contributed by atoms with Crippen molar-refractivity contribution < 1.29 is 14.6 Å². The number of aliphatic hydroxyl groups excluding tert-OH is 1. The van der Waals surface area contributed by atoms with Crippen LogP contribution in [0.2, 0.25) is 5.02 Å². The quantitative estimate of drug-likeness (QED) is 0.784. The predicted octanol–water partition coefficient (Wildman–Crippen LogP) is 2.12. The van der Waals surface area contributed by atoms with E-state index in [1.165, 1.54) is 0 Å². The Bertz CT molecular complexity index is 297. The van der Waals surface area contributed by atoms with Crippen molar-refractivity contribution in [2.45, 2.75) is 12.9 Å². The molecule has 1 aromatic carbocycles. The lowest BCUT2D eigenvalue weighted by molar-refractivity contribution is -0.106. The highest BCUT2D eigenvalue weighted by Crippen LogP contribution is 2.24. The van der Waals surface area contributed by atoms with Crippen LogP contribution in [0.3, 0.4) is 0 Å². The van der Waals surface area contributed by atoms with E-state index in [0.717, 1.165) is 5.56 Å². The molecule has 1 rings (SSSR count). The largest absolute Gasteiger partial charge is 0.392 e. The summed E-state index contributed by atoms with van der Waals surface area (Å²) in [5, 5.41) is 9.70. The number of hydrogen-bond acceptors (Lipinski definition) is 3. The van der Waals surface area contributed by atoms with E-state index in [0.29, 0.717) is 10.6 Å². The summed E-state index contributed by atoms with van der Waals surface area (Å²) in [4.78, 5) is 0. The second-order valence-electron chi connectivity index (χ2n) is 2.80. The molecule has 0 saturated carbocycles. The van der Waals surface area contributed by atoms with E-state index in [1.54, 1.807) is 32.4 Å². The molecular formula is C10H13ClO3. The molecule has 0 spiro atoms. The zero-order valence-corrected chi connectivity index (χ0v) is 8.91. The van der Waals surface area contributed by atoms with E-state index in [1.807, 2.05) is 0 Å². The SMILES string of the molecule is COC(OC)c1ccc(Cl)cc1CO. The van der Waals surface area contributed by atoms with Crippen LogP contribution in [0.25, 0.3) is 0 Å². The van der Waals surface area contributed by atoms with E-state index < -0.39 is 6.29 Å². The Morgan fingerprint density at radius 1 is 1.36 bits per heavy atom. The summed E-state index contributed by atoms with van der Waals surface area (Å²) in [5.74, 6) is 0. The molecule has 0 heterocycles. The fourth-order valence-electron chi connectivity index (χ4n) is 1.29. The molecule has 14 heavy (non-hydrogen) atoms. The molecule has 0 bridgehead atoms. The van der Waals surface area contributed by atoms with Gasteiger partial charge in [-0.1, -0.05) is 17.7 Å². The molecular weight excluding hydrogens is 204 g/mol. The molecule has 0 aliphatic heterocycles. The zero-order valence-electron chi connectivity index (χ0n) is 8.16. The van der Waals surface area contributed by atoms with Crippen LogP contribution in [0.4, 0.5) is 0 Å². The lowest BCUT2D eigenvalue weighted by atomic mass is 10.1. The van der Waals surface area contributed by atoms with Gasteiger partial charge in [-0.05, 0) is 17.7 Å². The minimum atomic E-state index is -0.464. The van der Waals surface area contributed by atoms with Crippen LogP contribution in [-0.4, -0.2) is 19.3 Å². The van der Waals surface area contributed by atoms with Crippen molar-refractivity contribution in [1.82, 2.24) is 0 Å². The van der Waals surface area contributed by atoms with Gasteiger partial charge in [0.25, 0.3) is 0 Å². The first kappa shape index (κ1) is 11.5. The summed E-state index contributed by atoms with van der Waals surface area (Å²) in [5.41, 5.74) is 1.51. The number of hydrogen-bond donors (Lipinski definition) is 1. The number of ether oxygens (including phenoxy) is 2.